The van der Waals surface area contributed by atoms with E-state index in [0.717, 1.165) is 16.4 Å². The van der Waals surface area contributed by atoms with Crippen molar-refractivity contribution in [2.45, 2.75) is 17.5 Å². The van der Waals surface area contributed by atoms with Crippen LogP contribution in [-0.4, -0.2) is 39.5 Å². The number of nitrogens with zero attached hydrogens (tertiary/aromatic N) is 2. The molecule has 1 atom stereocenters. The highest BCUT2D eigenvalue weighted by Gasteiger charge is 2.36. The molecule has 126 valence electrons. The van der Waals surface area contributed by atoms with E-state index in [9.17, 15) is 21.6 Å². The number of nitriles is 1. The van der Waals surface area contributed by atoms with Gasteiger partial charge in [0.2, 0.25) is 10.0 Å². The van der Waals surface area contributed by atoms with E-state index in [4.69, 9.17) is 10.00 Å². The van der Waals surface area contributed by atoms with Gasteiger partial charge in [0.1, 0.15) is 0 Å². The average Bonchev–Trinajstić information content (AvgIpc) is 2.98. The first-order valence-electron chi connectivity index (χ1n) is 6.81. The van der Waals surface area contributed by atoms with Crippen molar-refractivity contribution in [3.8, 4) is 6.07 Å². The van der Waals surface area contributed by atoms with Crippen LogP contribution in [0.2, 0.25) is 0 Å². The first kappa shape index (κ1) is 17.7. The summed E-state index contributed by atoms with van der Waals surface area (Å²) in [6.45, 7) is 1.15. The first-order chi connectivity index (χ1) is 10.7. The molecule has 5 nitrogen and oxygen atoms in total. The van der Waals surface area contributed by atoms with Gasteiger partial charge in [-0.1, -0.05) is 0 Å². The summed E-state index contributed by atoms with van der Waals surface area (Å²) in [4.78, 5) is -0.481. The predicted molar refractivity (Wildman–Crippen MR) is 74.9 cm³/mol. The zero-order valence-corrected chi connectivity index (χ0v) is 13.1. The van der Waals surface area contributed by atoms with Crippen molar-refractivity contribution in [2.24, 2.45) is 5.92 Å². The molecule has 0 aromatic heterocycles. The first-order valence-corrected chi connectivity index (χ1v) is 8.25. The smallest absolute Gasteiger partial charge is 0.381 e. The van der Waals surface area contributed by atoms with Gasteiger partial charge in [0.15, 0.2) is 0 Å². The van der Waals surface area contributed by atoms with Gasteiger partial charge < -0.3 is 4.74 Å². The molecule has 2 rings (SSSR count). The highest BCUT2D eigenvalue weighted by atomic mass is 32.2. The molecule has 1 aliphatic heterocycles. The molecule has 0 aliphatic carbocycles. The summed E-state index contributed by atoms with van der Waals surface area (Å²) in [5, 5.41) is 8.75. The van der Waals surface area contributed by atoms with Crippen LogP contribution < -0.4 is 0 Å². The van der Waals surface area contributed by atoms with Crippen LogP contribution in [-0.2, 0) is 20.9 Å². The summed E-state index contributed by atoms with van der Waals surface area (Å²) in [7, 11) is -2.75. The summed E-state index contributed by atoms with van der Waals surface area (Å²) in [5.74, 6) is 0.0234. The third kappa shape index (κ3) is 3.83. The number of alkyl halides is 3. The van der Waals surface area contributed by atoms with Gasteiger partial charge >= 0.3 is 6.18 Å². The summed E-state index contributed by atoms with van der Waals surface area (Å²) in [5.41, 5.74) is -1.86. The number of sulfonamides is 1. The second-order valence-electron chi connectivity index (χ2n) is 5.33. The summed E-state index contributed by atoms with van der Waals surface area (Å²) in [6.07, 6.45) is -4.09. The van der Waals surface area contributed by atoms with Crippen molar-refractivity contribution in [1.29, 1.82) is 5.26 Å². The highest BCUT2D eigenvalue weighted by molar-refractivity contribution is 7.89. The Morgan fingerprint density at radius 3 is 2.65 bits per heavy atom. The number of rotatable bonds is 4. The third-order valence-corrected chi connectivity index (χ3v) is 5.48. The van der Waals surface area contributed by atoms with E-state index in [-0.39, 0.29) is 12.5 Å². The molecule has 1 heterocycles. The molecular weight excluding hydrogens is 333 g/mol. The van der Waals surface area contributed by atoms with Crippen LogP contribution in [0.4, 0.5) is 13.2 Å². The molecule has 23 heavy (non-hydrogen) atoms. The van der Waals surface area contributed by atoms with E-state index in [1.54, 1.807) is 0 Å². The summed E-state index contributed by atoms with van der Waals surface area (Å²) in [6, 6.07) is 3.83. The van der Waals surface area contributed by atoms with Crippen LogP contribution in [0.25, 0.3) is 0 Å². The Bertz CT molecular complexity index is 720. The Labute approximate surface area is 132 Å². The largest absolute Gasteiger partial charge is 0.417 e. The molecule has 1 saturated heterocycles. The Morgan fingerprint density at radius 2 is 2.13 bits per heavy atom. The topological polar surface area (TPSA) is 70.4 Å². The molecule has 1 aromatic carbocycles. The van der Waals surface area contributed by atoms with Gasteiger partial charge in [0.05, 0.1) is 28.7 Å². The lowest BCUT2D eigenvalue weighted by Crippen LogP contribution is -2.32. The standard InChI is InChI=1S/C14H15F3N2O3S/c1-19(8-10-4-5-22-9-10)23(20,21)12-3-2-11(7-18)13(6-12)14(15,16)17/h2-3,6,10H,4-5,8-9H2,1H3/t10-/m0/s1. The molecule has 1 fully saturated rings. The second-order valence-corrected chi connectivity index (χ2v) is 7.38. The molecule has 1 aliphatic rings. The maximum Gasteiger partial charge on any atom is 0.417 e. The molecule has 0 amide bonds. The van der Waals surface area contributed by atoms with Gasteiger partial charge in [-0.15, -0.1) is 0 Å². The lowest BCUT2D eigenvalue weighted by molar-refractivity contribution is -0.137. The summed E-state index contributed by atoms with van der Waals surface area (Å²) >= 11 is 0. The highest BCUT2D eigenvalue weighted by Crippen LogP contribution is 2.34. The Kier molecular flexibility index (Phi) is 4.98. The van der Waals surface area contributed by atoms with E-state index in [0.29, 0.717) is 25.7 Å². The Hall–Kier alpha value is -1.63. The number of hydrogen-bond donors (Lipinski definition) is 0. The SMILES string of the molecule is CN(C[C@@H]1CCOC1)S(=O)(=O)c1ccc(C#N)c(C(F)(F)F)c1. The number of ether oxygens (including phenoxy) is 1. The van der Waals surface area contributed by atoms with Gasteiger partial charge in [0.25, 0.3) is 0 Å². The average molecular weight is 348 g/mol. The van der Waals surface area contributed by atoms with E-state index in [1.165, 1.54) is 13.1 Å². The summed E-state index contributed by atoms with van der Waals surface area (Å²) < 4.78 is 69.9. The monoisotopic (exact) mass is 348 g/mol. The molecule has 0 N–H and O–H groups in total. The Morgan fingerprint density at radius 1 is 1.43 bits per heavy atom. The molecule has 0 radical (unpaired) electrons. The predicted octanol–water partition coefficient (Wildman–Crippen LogP) is 2.23. The minimum atomic E-state index is -4.80. The van der Waals surface area contributed by atoms with Crippen molar-refractivity contribution < 1.29 is 26.3 Å². The van der Waals surface area contributed by atoms with Crippen LogP contribution in [0.5, 0.6) is 0 Å². The molecule has 0 bridgehead atoms. The lowest BCUT2D eigenvalue weighted by atomic mass is 10.1. The molecule has 1 aromatic rings. The van der Waals surface area contributed by atoms with E-state index >= 15 is 0 Å². The minimum Gasteiger partial charge on any atom is -0.381 e. The molecule has 0 unspecified atom stereocenters. The van der Waals surface area contributed by atoms with Crippen molar-refractivity contribution in [2.75, 3.05) is 26.8 Å². The normalized spacial score (nSPS) is 19.0. The zero-order chi connectivity index (χ0) is 17.3. The Balaban J connectivity index is 2.34. The molecule has 9 heteroatoms. The van der Waals surface area contributed by atoms with Crippen molar-refractivity contribution in [1.82, 2.24) is 4.31 Å². The zero-order valence-electron chi connectivity index (χ0n) is 12.3. The maximum atomic E-state index is 13.0. The van der Waals surface area contributed by atoms with E-state index in [1.807, 2.05) is 0 Å². The van der Waals surface area contributed by atoms with Crippen molar-refractivity contribution in [3.63, 3.8) is 0 Å². The molecular formula is C14H15F3N2O3S. The fraction of sp³-hybridized carbons (Fsp3) is 0.500. The number of benzene rings is 1. The van der Waals surface area contributed by atoms with Crippen LogP contribution in [0.15, 0.2) is 23.1 Å². The van der Waals surface area contributed by atoms with Gasteiger partial charge in [-0.3, -0.25) is 0 Å². The van der Waals surface area contributed by atoms with Crippen molar-refractivity contribution >= 4 is 10.0 Å². The number of hydrogen-bond acceptors (Lipinski definition) is 4. The second kappa shape index (κ2) is 6.47. The van der Waals surface area contributed by atoms with Crippen LogP contribution in [0.3, 0.4) is 0 Å². The molecule has 0 saturated carbocycles. The minimum absolute atomic E-state index is 0.0234. The fourth-order valence-electron chi connectivity index (χ4n) is 2.38. The lowest BCUT2D eigenvalue weighted by Gasteiger charge is -2.21. The quantitative estimate of drug-likeness (QED) is 0.837. The third-order valence-electron chi connectivity index (χ3n) is 3.66. The van der Waals surface area contributed by atoms with E-state index in [2.05, 4.69) is 0 Å². The molecule has 0 spiro atoms. The van der Waals surface area contributed by atoms with Crippen LogP contribution in [0, 0.1) is 17.2 Å². The van der Waals surface area contributed by atoms with Crippen molar-refractivity contribution in [3.05, 3.63) is 29.3 Å². The van der Waals surface area contributed by atoms with Crippen LogP contribution >= 0.6 is 0 Å². The fourth-order valence-corrected chi connectivity index (χ4v) is 3.66. The van der Waals surface area contributed by atoms with Crippen LogP contribution in [0.1, 0.15) is 17.5 Å². The number of halogens is 3. The van der Waals surface area contributed by atoms with Gasteiger partial charge in [-0.05, 0) is 30.5 Å². The van der Waals surface area contributed by atoms with Gasteiger partial charge in [0, 0.05) is 20.2 Å². The maximum absolute atomic E-state index is 13.0. The van der Waals surface area contributed by atoms with E-state index < -0.39 is 32.2 Å². The van der Waals surface area contributed by atoms with Gasteiger partial charge in [-0.25, -0.2) is 12.7 Å². The van der Waals surface area contributed by atoms with Gasteiger partial charge in [-0.2, -0.15) is 18.4 Å².